The van der Waals surface area contributed by atoms with Gasteiger partial charge in [0.25, 0.3) is 0 Å². The fourth-order valence-corrected chi connectivity index (χ4v) is 1.43. The van der Waals surface area contributed by atoms with E-state index in [0.29, 0.717) is 5.56 Å². The molecule has 0 aromatic heterocycles. The Balaban J connectivity index is 1.99. The first kappa shape index (κ1) is 9.90. The largest absolute Gasteiger partial charge is 0.451 e. The fourth-order valence-electron chi connectivity index (χ4n) is 1.43. The van der Waals surface area contributed by atoms with Crippen LogP contribution in [0.2, 0.25) is 0 Å². The summed E-state index contributed by atoms with van der Waals surface area (Å²) in [5.74, 6) is -0.172. The van der Waals surface area contributed by atoms with Crippen molar-refractivity contribution >= 4 is 12.3 Å². The normalized spacial score (nSPS) is 16.8. The van der Waals surface area contributed by atoms with Gasteiger partial charge in [0.15, 0.2) is 12.4 Å². The number of hydrogen-bond acceptors (Lipinski definition) is 3. The molecule has 1 fully saturated rings. The first-order valence-corrected chi connectivity index (χ1v) is 5.02. The van der Waals surface area contributed by atoms with Crippen molar-refractivity contribution in [3.8, 4) is 0 Å². The molecule has 0 spiro atoms. The predicted molar refractivity (Wildman–Crippen MR) is 54.4 cm³/mol. The zero-order valence-corrected chi connectivity index (χ0v) is 8.26. The molecule has 15 heavy (non-hydrogen) atoms. The molecule has 1 aliphatic rings. The van der Waals surface area contributed by atoms with Crippen molar-refractivity contribution in [2.45, 2.75) is 18.9 Å². The third kappa shape index (κ3) is 2.43. The van der Waals surface area contributed by atoms with E-state index >= 15 is 0 Å². The highest BCUT2D eigenvalue weighted by atomic mass is 16.5. The highest BCUT2D eigenvalue weighted by molar-refractivity contribution is 5.90. The van der Waals surface area contributed by atoms with E-state index in [1.54, 1.807) is 24.3 Å². The molecule has 1 aromatic rings. The molecule has 1 aromatic carbocycles. The van der Waals surface area contributed by atoms with Crippen LogP contribution in [-0.4, -0.2) is 18.4 Å². The van der Waals surface area contributed by atoms with E-state index in [2.05, 4.69) is 0 Å². The average Bonchev–Trinajstić information content (AvgIpc) is 3.10. The lowest BCUT2D eigenvalue weighted by atomic mass is 10.2. The molecule has 1 aliphatic carbocycles. The highest BCUT2D eigenvalue weighted by Gasteiger charge is 2.33. The number of benzene rings is 1. The maximum absolute atomic E-state index is 11.6. The number of carbonyl (C=O) groups excluding carboxylic acids is 2. The van der Waals surface area contributed by atoms with Gasteiger partial charge in [-0.2, -0.15) is 0 Å². The van der Waals surface area contributed by atoms with Crippen molar-refractivity contribution in [3.63, 3.8) is 0 Å². The summed E-state index contributed by atoms with van der Waals surface area (Å²) in [7, 11) is 0. The third-order valence-corrected chi connectivity index (χ3v) is 2.47. The maximum Gasteiger partial charge on any atom is 0.338 e. The molecule has 3 heteroatoms. The second-order valence-electron chi connectivity index (χ2n) is 3.71. The van der Waals surface area contributed by atoms with Gasteiger partial charge in [0, 0.05) is 5.92 Å². The molecule has 78 valence electrons. The van der Waals surface area contributed by atoms with Gasteiger partial charge in [-0.1, -0.05) is 18.2 Å². The van der Waals surface area contributed by atoms with Gasteiger partial charge in [-0.25, -0.2) is 4.79 Å². The summed E-state index contributed by atoms with van der Waals surface area (Å²) in [5.41, 5.74) is 0.491. The minimum Gasteiger partial charge on any atom is -0.451 e. The molecule has 0 radical (unpaired) electrons. The van der Waals surface area contributed by atoms with Crippen molar-refractivity contribution in [1.29, 1.82) is 0 Å². The van der Waals surface area contributed by atoms with Crippen molar-refractivity contribution in [2.75, 3.05) is 0 Å². The van der Waals surface area contributed by atoms with Crippen molar-refractivity contribution in [3.05, 3.63) is 35.9 Å². The molecular weight excluding hydrogens is 192 g/mol. The number of esters is 1. The fraction of sp³-hybridized carbons (Fsp3) is 0.333. The van der Waals surface area contributed by atoms with Gasteiger partial charge in [0.1, 0.15) is 0 Å². The molecule has 0 unspecified atom stereocenters. The minimum absolute atomic E-state index is 0.246. The topological polar surface area (TPSA) is 43.4 Å². The lowest BCUT2D eigenvalue weighted by molar-refractivity contribution is -0.116. The SMILES string of the molecule is O=C[C@H](OC(=O)c1ccccc1)C1CC1. The van der Waals surface area contributed by atoms with Gasteiger partial charge in [-0.15, -0.1) is 0 Å². The Hall–Kier alpha value is -1.64. The predicted octanol–water partition coefficient (Wildman–Crippen LogP) is 1.82. The monoisotopic (exact) mass is 204 g/mol. The maximum atomic E-state index is 11.6. The van der Waals surface area contributed by atoms with E-state index in [1.807, 2.05) is 6.07 Å². The van der Waals surface area contributed by atoms with Gasteiger partial charge in [-0.3, -0.25) is 4.79 Å². The number of aldehydes is 1. The van der Waals surface area contributed by atoms with Crippen LogP contribution in [0.25, 0.3) is 0 Å². The van der Waals surface area contributed by atoms with Crippen molar-refractivity contribution in [2.24, 2.45) is 5.92 Å². The van der Waals surface area contributed by atoms with E-state index in [-0.39, 0.29) is 5.92 Å². The second kappa shape index (κ2) is 4.26. The van der Waals surface area contributed by atoms with Crippen LogP contribution in [-0.2, 0) is 9.53 Å². The van der Waals surface area contributed by atoms with Crippen molar-refractivity contribution < 1.29 is 14.3 Å². The number of carbonyl (C=O) groups is 2. The number of ether oxygens (including phenoxy) is 1. The molecule has 0 N–H and O–H groups in total. The van der Waals surface area contributed by atoms with Gasteiger partial charge < -0.3 is 4.74 Å². The third-order valence-electron chi connectivity index (χ3n) is 2.47. The molecule has 2 rings (SSSR count). The molecule has 1 saturated carbocycles. The van der Waals surface area contributed by atoms with Crippen LogP contribution >= 0.6 is 0 Å². The lowest BCUT2D eigenvalue weighted by Crippen LogP contribution is -2.21. The van der Waals surface area contributed by atoms with Crippen LogP contribution in [0.4, 0.5) is 0 Å². The molecule has 0 heterocycles. The van der Waals surface area contributed by atoms with E-state index in [4.69, 9.17) is 4.74 Å². The standard InChI is InChI=1S/C12H12O3/c13-8-11(9-6-7-9)15-12(14)10-4-2-1-3-5-10/h1-5,8-9,11H,6-7H2/t11-/m0/s1. The smallest absolute Gasteiger partial charge is 0.338 e. The van der Waals surface area contributed by atoms with Gasteiger partial charge in [0.05, 0.1) is 5.56 Å². The molecule has 3 nitrogen and oxygen atoms in total. The Morgan fingerprint density at radius 1 is 1.33 bits per heavy atom. The van der Waals surface area contributed by atoms with Crippen LogP contribution in [0.5, 0.6) is 0 Å². The Labute approximate surface area is 88.1 Å². The van der Waals surface area contributed by atoms with E-state index in [9.17, 15) is 9.59 Å². The van der Waals surface area contributed by atoms with Crippen molar-refractivity contribution in [1.82, 2.24) is 0 Å². The molecule has 0 aliphatic heterocycles. The van der Waals surface area contributed by atoms with E-state index in [1.165, 1.54) is 0 Å². The summed E-state index contributed by atoms with van der Waals surface area (Å²) in [6.07, 6.45) is 2.12. The van der Waals surface area contributed by atoms with Gasteiger partial charge in [-0.05, 0) is 25.0 Å². The first-order chi connectivity index (χ1) is 7.31. The summed E-state index contributed by atoms with van der Waals surface area (Å²) >= 11 is 0. The molecular formula is C12H12O3. The van der Waals surface area contributed by atoms with Gasteiger partial charge >= 0.3 is 5.97 Å². The minimum atomic E-state index is -0.558. The molecule has 0 saturated heterocycles. The zero-order valence-electron chi connectivity index (χ0n) is 8.26. The molecule has 0 amide bonds. The molecule has 0 bridgehead atoms. The summed E-state index contributed by atoms with van der Waals surface area (Å²) in [5, 5.41) is 0. The summed E-state index contributed by atoms with van der Waals surface area (Å²) in [6, 6.07) is 8.72. The Bertz CT molecular complexity index is 354. The van der Waals surface area contributed by atoms with Crippen LogP contribution in [0.3, 0.4) is 0 Å². The van der Waals surface area contributed by atoms with Crippen LogP contribution < -0.4 is 0 Å². The van der Waals surface area contributed by atoms with E-state index in [0.717, 1.165) is 19.1 Å². The van der Waals surface area contributed by atoms with Crippen LogP contribution in [0.1, 0.15) is 23.2 Å². The lowest BCUT2D eigenvalue weighted by Gasteiger charge is -2.10. The highest BCUT2D eigenvalue weighted by Crippen LogP contribution is 2.33. The Morgan fingerprint density at radius 3 is 2.53 bits per heavy atom. The summed E-state index contributed by atoms with van der Waals surface area (Å²) < 4.78 is 5.10. The van der Waals surface area contributed by atoms with Crippen LogP contribution in [0, 0.1) is 5.92 Å². The van der Waals surface area contributed by atoms with Crippen LogP contribution in [0.15, 0.2) is 30.3 Å². The van der Waals surface area contributed by atoms with Gasteiger partial charge in [0.2, 0.25) is 0 Å². The quantitative estimate of drug-likeness (QED) is 0.555. The first-order valence-electron chi connectivity index (χ1n) is 5.02. The summed E-state index contributed by atoms with van der Waals surface area (Å²) in [4.78, 5) is 22.2. The number of rotatable bonds is 4. The zero-order chi connectivity index (χ0) is 10.7. The molecule has 1 atom stereocenters. The Kier molecular flexibility index (Phi) is 2.81. The second-order valence-corrected chi connectivity index (χ2v) is 3.71. The average molecular weight is 204 g/mol. The summed E-state index contributed by atoms with van der Waals surface area (Å²) in [6.45, 7) is 0. The van der Waals surface area contributed by atoms with E-state index < -0.39 is 12.1 Å². The number of hydrogen-bond donors (Lipinski definition) is 0. The Morgan fingerprint density at radius 2 is 2.00 bits per heavy atom.